The Kier molecular flexibility index (Phi) is 5.53. The first-order valence-electron chi connectivity index (χ1n) is 7.29. The molecule has 2 rings (SSSR count). The number of nitrogens with zero attached hydrogens (tertiary/aromatic N) is 3. The lowest BCUT2D eigenvalue weighted by atomic mass is 9.89. The molecule has 0 aromatic carbocycles. The van der Waals surface area contributed by atoms with E-state index in [-0.39, 0.29) is 0 Å². The van der Waals surface area contributed by atoms with Crippen LogP contribution in [0.15, 0.2) is 25.3 Å². The van der Waals surface area contributed by atoms with E-state index in [2.05, 4.69) is 38.7 Å². The van der Waals surface area contributed by atoms with Crippen molar-refractivity contribution in [3.8, 4) is 0 Å². The second-order valence-electron chi connectivity index (χ2n) is 5.01. The topological polar surface area (TPSA) is 62.7 Å². The molecule has 0 spiro atoms. The van der Waals surface area contributed by atoms with Crippen molar-refractivity contribution in [1.29, 1.82) is 0 Å². The van der Waals surface area contributed by atoms with Gasteiger partial charge in [0, 0.05) is 19.0 Å². The molecule has 0 radical (unpaired) electrons. The van der Waals surface area contributed by atoms with E-state index >= 15 is 0 Å². The summed E-state index contributed by atoms with van der Waals surface area (Å²) in [6, 6.07) is 0. The van der Waals surface area contributed by atoms with Crippen LogP contribution in [0.25, 0.3) is 0 Å². The van der Waals surface area contributed by atoms with Crippen LogP contribution < -0.4 is 10.6 Å². The molecule has 0 amide bonds. The van der Waals surface area contributed by atoms with E-state index < -0.39 is 0 Å². The van der Waals surface area contributed by atoms with Gasteiger partial charge in [-0.3, -0.25) is 0 Å². The van der Waals surface area contributed by atoms with Gasteiger partial charge in [0.25, 0.3) is 0 Å². The average molecular weight is 273 g/mol. The Morgan fingerprint density at radius 1 is 0.900 bits per heavy atom. The number of hydrogen-bond donors (Lipinski definition) is 2. The standard InChI is InChI=1S/C15H23N5/c1-3-10-16-14-18-13(12-8-6-5-7-9-12)19-15(20-14)17-11-4-2/h3-4,12H,1-2,5-11H2,(H2,16,17,18,19,20). The van der Waals surface area contributed by atoms with Gasteiger partial charge in [-0.05, 0) is 12.8 Å². The van der Waals surface area contributed by atoms with Crippen molar-refractivity contribution in [1.82, 2.24) is 15.0 Å². The SMILES string of the molecule is C=CCNc1nc(NCC=C)nc(C2CCCCC2)n1. The summed E-state index contributed by atoms with van der Waals surface area (Å²) in [5.74, 6) is 2.59. The number of rotatable bonds is 7. The van der Waals surface area contributed by atoms with Crippen LogP contribution in [-0.4, -0.2) is 28.0 Å². The zero-order valence-corrected chi connectivity index (χ0v) is 11.9. The molecule has 1 fully saturated rings. The molecular weight excluding hydrogens is 250 g/mol. The highest BCUT2D eigenvalue weighted by Crippen LogP contribution is 2.31. The highest BCUT2D eigenvalue weighted by atomic mass is 15.2. The number of aromatic nitrogens is 3. The van der Waals surface area contributed by atoms with Crippen LogP contribution in [0.5, 0.6) is 0 Å². The number of anilines is 2. The fourth-order valence-corrected chi connectivity index (χ4v) is 2.42. The van der Waals surface area contributed by atoms with Gasteiger partial charge in [-0.2, -0.15) is 15.0 Å². The largest absolute Gasteiger partial charge is 0.351 e. The van der Waals surface area contributed by atoms with Gasteiger partial charge < -0.3 is 10.6 Å². The van der Waals surface area contributed by atoms with E-state index in [1.807, 2.05) is 0 Å². The van der Waals surface area contributed by atoms with Crippen LogP contribution in [0.4, 0.5) is 11.9 Å². The summed E-state index contributed by atoms with van der Waals surface area (Å²) in [6.07, 6.45) is 9.78. The first kappa shape index (κ1) is 14.5. The lowest BCUT2D eigenvalue weighted by Gasteiger charge is -2.21. The van der Waals surface area contributed by atoms with Crippen molar-refractivity contribution in [2.45, 2.75) is 38.0 Å². The maximum atomic E-state index is 4.56. The molecule has 1 saturated carbocycles. The summed E-state index contributed by atoms with van der Waals surface area (Å²) in [7, 11) is 0. The molecule has 1 heterocycles. The second-order valence-corrected chi connectivity index (χ2v) is 5.01. The van der Waals surface area contributed by atoms with Gasteiger partial charge in [-0.1, -0.05) is 31.4 Å². The molecule has 1 aliphatic carbocycles. The lowest BCUT2D eigenvalue weighted by Crippen LogP contribution is -2.15. The van der Waals surface area contributed by atoms with Gasteiger partial charge in [0.15, 0.2) is 0 Å². The molecule has 0 bridgehead atoms. The van der Waals surface area contributed by atoms with Gasteiger partial charge in [-0.25, -0.2) is 0 Å². The van der Waals surface area contributed by atoms with Crippen molar-refractivity contribution >= 4 is 11.9 Å². The third-order valence-corrected chi connectivity index (χ3v) is 3.43. The minimum atomic E-state index is 0.459. The van der Waals surface area contributed by atoms with Crippen LogP contribution in [0, 0.1) is 0 Å². The fraction of sp³-hybridized carbons (Fsp3) is 0.533. The molecular formula is C15H23N5. The normalized spacial score (nSPS) is 15.6. The Labute approximate surface area is 120 Å². The van der Waals surface area contributed by atoms with Gasteiger partial charge in [-0.15, -0.1) is 13.2 Å². The molecule has 1 aromatic rings. The Balaban J connectivity index is 2.18. The second kappa shape index (κ2) is 7.62. The van der Waals surface area contributed by atoms with E-state index in [4.69, 9.17) is 0 Å². The quantitative estimate of drug-likeness (QED) is 0.747. The molecule has 1 aliphatic rings. The molecule has 108 valence electrons. The monoisotopic (exact) mass is 273 g/mol. The zero-order valence-electron chi connectivity index (χ0n) is 11.9. The van der Waals surface area contributed by atoms with E-state index in [1.165, 1.54) is 32.1 Å². The fourth-order valence-electron chi connectivity index (χ4n) is 2.42. The van der Waals surface area contributed by atoms with E-state index in [0.29, 0.717) is 30.9 Å². The lowest BCUT2D eigenvalue weighted by molar-refractivity contribution is 0.428. The molecule has 5 heteroatoms. The maximum absolute atomic E-state index is 4.56. The van der Waals surface area contributed by atoms with Gasteiger partial charge >= 0.3 is 0 Å². The maximum Gasteiger partial charge on any atom is 0.228 e. The number of hydrogen-bond acceptors (Lipinski definition) is 5. The van der Waals surface area contributed by atoms with Gasteiger partial charge in [0.05, 0.1) is 0 Å². The minimum absolute atomic E-state index is 0.459. The molecule has 5 nitrogen and oxygen atoms in total. The first-order chi connectivity index (χ1) is 9.83. The summed E-state index contributed by atoms with van der Waals surface area (Å²) in [4.78, 5) is 13.5. The summed E-state index contributed by atoms with van der Waals surface area (Å²) >= 11 is 0. The van der Waals surface area contributed by atoms with Gasteiger partial charge in [0.2, 0.25) is 11.9 Å². The van der Waals surface area contributed by atoms with Crippen LogP contribution in [0.3, 0.4) is 0 Å². The molecule has 0 saturated heterocycles. The van der Waals surface area contributed by atoms with Crippen molar-refractivity contribution < 1.29 is 0 Å². The zero-order chi connectivity index (χ0) is 14.2. The van der Waals surface area contributed by atoms with Crippen LogP contribution in [-0.2, 0) is 0 Å². The third kappa shape index (κ3) is 4.05. The van der Waals surface area contributed by atoms with E-state index in [1.54, 1.807) is 12.2 Å². The predicted molar refractivity (Wildman–Crippen MR) is 83.0 cm³/mol. The Morgan fingerprint density at radius 2 is 1.45 bits per heavy atom. The Hall–Kier alpha value is -1.91. The highest BCUT2D eigenvalue weighted by Gasteiger charge is 2.19. The van der Waals surface area contributed by atoms with Crippen molar-refractivity contribution in [3.05, 3.63) is 31.1 Å². The molecule has 2 N–H and O–H groups in total. The summed E-state index contributed by atoms with van der Waals surface area (Å²) < 4.78 is 0. The van der Waals surface area contributed by atoms with Crippen LogP contribution in [0.1, 0.15) is 43.8 Å². The summed E-state index contributed by atoms with van der Waals surface area (Å²) in [5.41, 5.74) is 0. The Bertz CT molecular complexity index is 421. The first-order valence-corrected chi connectivity index (χ1v) is 7.29. The Morgan fingerprint density at radius 3 is 1.95 bits per heavy atom. The minimum Gasteiger partial charge on any atom is -0.351 e. The summed E-state index contributed by atoms with van der Waals surface area (Å²) in [5, 5.41) is 6.29. The molecule has 20 heavy (non-hydrogen) atoms. The molecule has 1 aromatic heterocycles. The van der Waals surface area contributed by atoms with Crippen molar-refractivity contribution in [3.63, 3.8) is 0 Å². The predicted octanol–water partition coefficient (Wildman–Crippen LogP) is 3.12. The van der Waals surface area contributed by atoms with Crippen molar-refractivity contribution in [2.24, 2.45) is 0 Å². The number of nitrogens with one attached hydrogen (secondary N) is 2. The van der Waals surface area contributed by atoms with Crippen LogP contribution in [0.2, 0.25) is 0 Å². The van der Waals surface area contributed by atoms with Crippen molar-refractivity contribution in [2.75, 3.05) is 23.7 Å². The smallest absolute Gasteiger partial charge is 0.228 e. The average Bonchev–Trinajstić information content (AvgIpc) is 2.51. The van der Waals surface area contributed by atoms with E-state index in [0.717, 1.165) is 5.82 Å². The third-order valence-electron chi connectivity index (χ3n) is 3.43. The summed E-state index contributed by atoms with van der Waals surface area (Å²) in [6.45, 7) is 8.69. The molecule has 0 aliphatic heterocycles. The van der Waals surface area contributed by atoms with E-state index in [9.17, 15) is 0 Å². The van der Waals surface area contributed by atoms with Crippen LogP contribution >= 0.6 is 0 Å². The highest BCUT2D eigenvalue weighted by molar-refractivity contribution is 5.36. The molecule has 0 unspecified atom stereocenters. The van der Waals surface area contributed by atoms with Gasteiger partial charge in [0.1, 0.15) is 5.82 Å². The molecule has 0 atom stereocenters.